The van der Waals surface area contributed by atoms with E-state index in [0.717, 1.165) is 5.56 Å². The lowest BCUT2D eigenvalue weighted by atomic mass is 10.1. The van der Waals surface area contributed by atoms with E-state index in [2.05, 4.69) is 0 Å². The fourth-order valence-electron chi connectivity index (χ4n) is 2.24. The van der Waals surface area contributed by atoms with Gasteiger partial charge in [0.25, 0.3) is 0 Å². The minimum atomic E-state index is -0.698. The quantitative estimate of drug-likeness (QED) is 0.452. The van der Waals surface area contributed by atoms with Gasteiger partial charge in [0.2, 0.25) is 0 Å². The Balaban J connectivity index is 1.93. The lowest BCUT2D eigenvalue weighted by Crippen LogP contribution is -2.11. The maximum atomic E-state index is 12.3. The largest absolute Gasteiger partial charge is 0.508 e. The molecule has 5 heteroatoms. The van der Waals surface area contributed by atoms with Gasteiger partial charge in [0.05, 0.1) is 7.11 Å². The summed E-state index contributed by atoms with van der Waals surface area (Å²) in [7, 11) is 1.52. The maximum absolute atomic E-state index is 12.3. The van der Waals surface area contributed by atoms with E-state index in [1.807, 2.05) is 0 Å². The summed E-state index contributed by atoms with van der Waals surface area (Å²) in [4.78, 5) is 24.3. The van der Waals surface area contributed by atoms with Crippen LogP contribution in [0.5, 0.6) is 11.5 Å². The second-order valence-corrected chi connectivity index (χ2v) is 5.14. The average Bonchev–Trinajstić information content (AvgIpc) is 2.59. The van der Waals surface area contributed by atoms with Crippen molar-refractivity contribution in [2.24, 2.45) is 0 Å². The number of phenolic OH excluding ortho intramolecular Hbond substituents is 1. The van der Waals surface area contributed by atoms with Crippen LogP contribution in [0.4, 0.5) is 0 Å². The van der Waals surface area contributed by atoms with Crippen LogP contribution in [0.3, 0.4) is 0 Å². The Hall–Kier alpha value is -3.34. The number of fused-ring (bicyclic) bond motifs is 1. The van der Waals surface area contributed by atoms with Crippen LogP contribution in [0.1, 0.15) is 15.9 Å². The molecule has 0 saturated carbocycles. The first kappa shape index (κ1) is 15.6. The van der Waals surface area contributed by atoms with Crippen LogP contribution < -0.4 is 10.4 Å². The van der Waals surface area contributed by atoms with Crippen molar-refractivity contribution in [3.63, 3.8) is 0 Å². The molecule has 0 unspecified atom stereocenters. The van der Waals surface area contributed by atoms with E-state index >= 15 is 0 Å². The third-order valence-corrected chi connectivity index (χ3v) is 3.53. The van der Waals surface area contributed by atoms with Crippen molar-refractivity contribution < 1.29 is 19.1 Å². The van der Waals surface area contributed by atoms with E-state index in [9.17, 15) is 14.7 Å². The van der Waals surface area contributed by atoms with Crippen molar-refractivity contribution in [1.82, 2.24) is 0 Å². The summed E-state index contributed by atoms with van der Waals surface area (Å²) >= 11 is 0. The predicted molar refractivity (Wildman–Crippen MR) is 90.5 cm³/mol. The molecule has 0 bridgehead atoms. The normalized spacial score (nSPS) is 11.0. The lowest BCUT2D eigenvalue weighted by Gasteiger charge is -2.02. The molecule has 0 aliphatic heterocycles. The molecule has 3 aromatic rings. The number of benzene rings is 2. The Morgan fingerprint density at radius 2 is 1.88 bits per heavy atom. The molecule has 0 aliphatic carbocycles. The summed E-state index contributed by atoms with van der Waals surface area (Å²) in [5.74, 6) is 0.260. The molecule has 1 N–H and O–H groups in total. The number of aromatic hydroxyl groups is 1. The van der Waals surface area contributed by atoms with E-state index in [1.165, 1.54) is 31.4 Å². The highest BCUT2D eigenvalue weighted by Gasteiger charge is 2.11. The van der Waals surface area contributed by atoms with Gasteiger partial charge in [0.1, 0.15) is 22.6 Å². The van der Waals surface area contributed by atoms with Gasteiger partial charge < -0.3 is 14.3 Å². The summed E-state index contributed by atoms with van der Waals surface area (Å²) in [6.45, 7) is 0. The first-order valence-electron chi connectivity index (χ1n) is 7.20. The van der Waals surface area contributed by atoms with Gasteiger partial charge in [-0.25, -0.2) is 4.79 Å². The number of hydrogen-bond donors (Lipinski definition) is 1. The van der Waals surface area contributed by atoms with Crippen LogP contribution >= 0.6 is 0 Å². The van der Waals surface area contributed by atoms with Gasteiger partial charge >= 0.3 is 5.63 Å². The van der Waals surface area contributed by atoms with Gasteiger partial charge in [-0.15, -0.1) is 0 Å². The monoisotopic (exact) mass is 322 g/mol. The minimum absolute atomic E-state index is 0.0392. The zero-order valence-electron chi connectivity index (χ0n) is 12.9. The minimum Gasteiger partial charge on any atom is -0.508 e. The smallest absolute Gasteiger partial charge is 0.347 e. The zero-order valence-corrected chi connectivity index (χ0v) is 12.9. The maximum Gasteiger partial charge on any atom is 0.347 e. The first-order chi connectivity index (χ1) is 11.6. The Labute approximate surface area is 137 Å². The number of ether oxygens (including phenoxy) is 1. The molecule has 2 aromatic carbocycles. The summed E-state index contributed by atoms with van der Waals surface area (Å²) in [6.07, 6.45) is 2.87. The number of carbonyl (C=O) groups is 1. The van der Waals surface area contributed by atoms with Crippen molar-refractivity contribution in [3.8, 4) is 11.5 Å². The predicted octanol–water partition coefficient (Wildman–Crippen LogP) is 3.40. The summed E-state index contributed by atoms with van der Waals surface area (Å²) in [5.41, 5.74) is 0.355. The summed E-state index contributed by atoms with van der Waals surface area (Å²) < 4.78 is 10.3. The van der Waals surface area contributed by atoms with Gasteiger partial charge in [0, 0.05) is 11.5 Å². The second-order valence-electron chi connectivity index (χ2n) is 5.14. The molecule has 24 heavy (non-hydrogen) atoms. The standard InChI is InChI=1S/C19H14O5/c1-23-15-8-5-13-10-16(19(22)24-18(13)11-15)17(21)9-4-12-2-6-14(20)7-3-12/h2-11,20H,1H3. The van der Waals surface area contributed by atoms with Crippen LogP contribution in [0.25, 0.3) is 17.0 Å². The number of allylic oxidation sites excluding steroid dienone is 1. The van der Waals surface area contributed by atoms with Crippen molar-refractivity contribution in [2.75, 3.05) is 7.11 Å². The van der Waals surface area contributed by atoms with Crippen molar-refractivity contribution in [2.45, 2.75) is 0 Å². The highest BCUT2D eigenvalue weighted by atomic mass is 16.5. The molecule has 120 valence electrons. The number of rotatable bonds is 4. The molecule has 1 heterocycles. The Morgan fingerprint density at radius 3 is 2.58 bits per heavy atom. The van der Waals surface area contributed by atoms with Gasteiger partial charge in [-0.2, -0.15) is 0 Å². The van der Waals surface area contributed by atoms with Gasteiger partial charge in [-0.05, 0) is 42.0 Å². The highest BCUT2D eigenvalue weighted by Crippen LogP contribution is 2.20. The van der Waals surface area contributed by atoms with Crippen LogP contribution in [0, 0.1) is 0 Å². The van der Waals surface area contributed by atoms with Crippen LogP contribution in [0.2, 0.25) is 0 Å². The molecule has 0 fully saturated rings. The second kappa shape index (κ2) is 6.42. The number of phenols is 1. The fourth-order valence-corrected chi connectivity index (χ4v) is 2.24. The summed E-state index contributed by atoms with van der Waals surface area (Å²) in [6, 6.07) is 12.9. The van der Waals surface area contributed by atoms with E-state index in [4.69, 9.17) is 9.15 Å². The Morgan fingerprint density at radius 1 is 1.12 bits per heavy atom. The third-order valence-electron chi connectivity index (χ3n) is 3.53. The van der Waals surface area contributed by atoms with Gasteiger partial charge in [-0.1, -0.05) is 18.2 Å². The Kier molecular flexibility index (Phi) is 4.16. The highest BCUT2D eigenvalue weighted by molar-refractivity contribution is 6.07. The number of carbonyl (C=O) groups excluding carboxylic acids is 1. The molecule has 3 rings (SSSR count). The molecule has 1 aromatic heterocycles. The number of methoxy groups -OCH3 is 1. The van der Waals surface area contributed by atoms with E-state index < -0.39 is 11.4 Å². The first-order valence-corrected chi connectivity index (χ1v) is 7.20. The number of ketones is 1. The van der Waals surface area contributed by atoms with Crippen molar-refractivity contribution in [1.29, 1.82) is 0 Å². The zero-order chi connectivity index (χ0) is 17.1. The molecular formula is C19H14O5. The molecule has 0 atom stereocenters. The fraction of sp³-hybridized carbons (Fsp3) is 0.0526. The molecular weight excluding hydrogens is 308 g/mol. The molecule has 0 radical (unpaired) electrons. The lowest BCUT2D eigenvalue weighted by molar-refractivity contribution is 0.104. The topological polar surface area (TPSA) is 76.7 Å². The molecule has 0 amide bonds. The molecule has 5 nitrogen and oxygen atoms in total. The SMILES string of the molecule is COc1ccc2cc(C(=O)C=Cc3ccc(O)cc3)c(=O)oc2c1. The van der Waals surface area contributed by atoms with Crippen molar-refractivity contribution in [3.05, 3.63) is 76.2 Å². The van der Waals surface area contributed by atoms with Crippen LogP contribution in [-0.4, -0.2) is 18.0 Å². The van der Waals surface area contributed by atoms with Crippen LogP contribution in [-0.2, 0) is 0 Å². The molecule has 0 aliphatic rings. The van der Waals surface area contributed by atoms with Gasteiger partial charge in [0.15, 0.2) is 5.78 Å². The van der Waals surface area contributed by atoms with E-state index in [-0.39, 0.29) is 11.3 Å². The molecule has 0 spiro atoms. The average molecular weight is 322 g/mol. The molecule has 0 saturated heterocycles. The van der Waals surface area contributed by atoms with Crippen LogP contribution in [0.15, 0.2) is 63.8 Å². The third kappa shape index (κ3) is 3.20. The number of hydrogen-bond acceptors (Lipinski definition) is 5. The Bertz CT molecular complexity index is 981. The van der Waals surface area contributed by atoms with E-state index in [1.54, 1.807) is 36.4 Å². The summed E-state index contributed by atoms with van der Waals surface area (Å²) in [5, 5.41) is 9.87. The van der Waals surface area contributed by atoms with Crippen molar-refractivity contribution >= 4 is 22.8 Å². The van der Waals surface area contributed by atoms with E-state index in [0.29, 0.717) is 16.7 Å². The van der Waals surface area contributed by atoms with Gasteiger partial charge in [-0.3, -0.25) is 4.79 Å².